The highest BCUT2D eigenvalue weighted by Crippen LogP contribution is 2.13. The SMILES string of the molecule is OB(O)c1cccc(OCCSc2ncc[nH]2)c1. The lowest BCUT2D eigenvalue weighted by Gasteiger charge is -2.07. The molecular weight excluding hydrogens is 251 g/mol. The molecule has 0 saturated carbocycles. The first-order chi connectivity index (χ1) is 8.75. The number of hydrogen-bond donors (Lipinski definition) is 3. The normalized spacial score (nSPS) is 10.3. The number of benzene rings is 1. The van der Waals surface area contributed by atoms with Crippen LogP contribution in [0.15, 0.2) is 41.8 Å². The fourth-order valence-electron chi connectivity index (χ4n) is 1.39. The lowest BCUT2D eigenvalue weighted by Crippen LogP contribution is -2.29. The van der Waals surface area contributed by atoms with E-state index in [9.17, 15) is 0 Å². The molecule has 3 N–H and O–H groups in total. The van der Waals surface area contributed by atoms with Gasteiger partial charge in [0.15, 0.2) is 5.16 Å². The molecular formula is C11H13BN2O3S. The van der Waals surface area contributed by atoms with Crippen LogP contribution in [0.3, 0.4) is 0 Å². The number of aromatic nitrogens is 2. The van der Waals surface area contributed by atoms with Gasteiger partial charge in [-0.05, 0) is 17.6 Å². The van der Waals surface area contributed by atoms with Gasteiger partial charge in [-0.15, -0.1) is 0 Å². The summed E-state index contributed by atoms with van der Waals surface area (Å²) in [5.74, 6) is 1.39. The van der Waals surface area contributed by atoms with E-state index in [1.807, 2.05) is 0 Å². The standard InChI is InChI=1S/C11H13BN2O3S/c15-12(16)9-2-1-3-10(8-9)17-6-7-18-11-13-4-5-14-11/h1-5,8,15-16H,6-7H2,(H,13,14). The summed E-state index contributed by atoms with van der Waals surface area (Å²) in [6, 6.07) is 6.75. The monoisotopic (exact) mass is 264 g/mol. The van der Waals surface area contributed by atoms with Crippen LogP contribution in [0.1, 0.15) is 0 Å². The number of H-pyrrole nitrogens is 1. The zero-order chi connectivity index (χ0) is 12.8. The van der Waals surface area contributed by atoms with Gasteiger partial charge >= 0.3 is 7.12 Å². The summed E-state index contributed by atoms with van der Waals surface area (Å²) in [5, 5.41) is 18.9. The van der Waals surface area contributed by atoms with Gasteiger partial charge in [0.05, 0.1) is 6.61 Å². The van der Waals surface area contributed by atoms with Crippen LogP contribution in [0.5, 0.6) is 5.75 Å². The lowest BCUT2D eigenvalue weighted by molar-refractivity contribution is 0.344. The fraction of sp³-hybridized carbons (Fsp3) is 0.182. The minimum atomic E-state index is -1.47. The molecule has 2 rings (SSSR count). The Hall–Kier alpha value is -1.44. The van der Waals surface area contributed by atoms with E-state index in [1.165, 1.54) is 0 Å². The molecule has 94 valence electrons. The van der Waals surface area contributed by atoms with Crippen molar-refractivity contribution in [1.82, 2.24) is 9.97 Å². The van der Waals surface area contributed by atoms with Crippen molar-refractivity contribution in [2.24, 2.45) is 0 Å². The van der Waals surface area contributed by atoms with Crippen LogP contribution in [0, 0.1) is 0 Å². The first kappa shape index (κ1) is 13.0. The zero-order valence-corrected chi connectivity index (χ0v) is 10.4. The molecule has 1 heterocycles. The third kappa shape index (κ3) is 3.80. The molecule has 0 radical (unpaired) electrons. The maximum atomic E-state index is 9.03. The van der Waals surface area contributed by atoms with Crippen molar-refractivity contribution in [1.29, 1.82) is 0 Å². The van der Waals surface area contributed by atoms with Gasteiger partial charge in [0.25, 0.3) is 0 Å². The number of rotatable bonds is 6. The van der Waals surface area contributed by atoms with Gasteiger partial charge in [-0.1, -0.05) is 23.9 Å². The van der Waals surface area contributed by atoms with Gasteiger partial charge in [0.1, 0.15) is 5.75 Å². The predicted octanol–water partition coefficient (Wildman–Crippen LogP) is 0.261. The number of nitrogens with one attached hydrogen (secondary N) is 1. The van der Waals surface area contributed by atoms with Crippen molar-refractivity contribution < 1.29 is 14.8 Å². The third-order valence-corrected chi connectivity index (χ3v) is 3.09. The molecule has 0 spiro atoms. The van der Waals surface area contributed by atoms with E-state index in [0.717, 1.165) is 10.9 Å². The molecule has 0 unspecified atom stereocenters. The number of imidazole rings is 1. The van der Waals surface area contributed by atoms with E-state index >= 15 is 0 Å². The molecule has 0 amide bonds. The molecule has 0 aliphatic carbocycles. The summed E-state index contributed by atoms with van der Waals surface area (Å²) in [7, 11) is -1.47. The number of thioether (sulfide) groups is 1. The van der Waals surface area contributed by atoms with Crippen LogP contribution in [-0.2, 0) is 0 Å². The summed E-state index contributed by atoms with van der Waals surface area (Å²) in [5.41, 5.74) is 0.422. The molecule has 7 heteroatoms. The van der Waals surface area contributed by atoms with Gasteiger partial charge in [0, 0.05) is 18.1 Å². The van der Waals surface area contributed by atoms with Crippen LogP contribution < -0.4 is 10.2 Å². The molecule has 0 fully saturated rings. The molecule has 1 aromatic carbocycles. The minimum Gasteiger partial charge on any atom is -0.493 e. The Balaban J connectivity index is 1.78. The quantitative estimate of drug-likeness (QED) is 0.396. The molecule has 5 nitrogen and oxygen atoms in total. The highest BCUT2D eigenvalue weighted by molar-refractivity contribution is 7.99. The summed E-state index contributed by atoms with van der Waals surface area (Å²) < 4.78 is 5.51. The van der Waals surface area contributed by atoms with Gasteiger partial charge in [-0.2, -0.15) is 0 Å². The Morgan fingerprint density at radius 3 is 3.00 bits per heavy atom. The smallest absolute Gasteiger partial charge is 0.488 e. The fourth-order valence-corrected chi connectivity index (χ4v) is 2.04. The largest absolute Gasteiger partial charge is 0.493 e. The first-order valence-corrected chi connectivity index (χ1v) is 6.45. The summed E-state index contributed by atoms with van der Waals surface area (Å²) in [6.07, 6.45) is 3.48. The average molecular weight is 264 g/mol. The molecule has 0 bridgehead atoms. The van der Waals surface area contributed by atoms with Crippen molar-refractivity contribution in [2.75, 3.05) is 12.4 Å². The molecule has 0 atom stereocenters. The number of hydrogen-bond acceptors (Lipinski definition) is 5. The van der Waals surface area contributed by atoms with E-state index in [1.54, 1.807) is 48.4 Å². The van der Waals surface area contributed by atoms with Crippen LogP contribution >= 0.6 is 11.8 Å². The Labute approximate surface area is 109 Å². The Kier molecular flexibility index (Phi) is 4.69. The van der Waals surface area contributed by atoms with E-state index in [0.29, 0.717) is 17.8 Å². The molecule has 1 aromatic heterocycles. The lowest BCUT2D eigenvalue weighted by atomic mass is 9.80. The van der Waals surface area contributed by atoms with E-state index in [-0.39, 0.29) is 0 Å². The maximum absolute atomic E-state index is 9.03. The molecule has 18 heavy (non-hydrogen) atoms. The molecule has 2 aromatic rings. The van der Waals surface area contributed by atoms with Crippen molar-refractivity contribution in [2.45, 2.75) is 5.16 Å². The van der Waals surface area contributed by atoms with Crippen LogP contribution in [-0.4, -0.2) is 39.5 Å². The maximum Gasteiger partial charge on any atom is 0.488 e. The van der Waals surface area contributed by atoms with Crippen molar-refractivity contribution in [3.8, 4) is 5.75 Å². The van der Waals surface area contributed by atoms with Gasteiger partial charge in [-0.3, -0.25) is 0 Å². The van der Waals surface area contributed by atoms with Crippen LogP contribution in [0.4, 0.5) is 0 Å². The molecule has 0 aliphatic rings. The van der Waals surface area contributed by atoms with Crippen molar-refractivity contribution >= 4 is 24.3 Å². The molecule has 0 saturated heterocycles. The summed E-state index contributed by atoms with van der Waals surface area (Å²) in [4.78, 5) is 7.07. The second-order valence-electron chi connectivity index (χ2n) is 3.54. The topological polar surface area (TPSA) is 78.4 Å². The predicted molar refractivity (Wildman–Crippen MR) is 71.1 cm³/mol. The average Bonchev–Trinajstić information content (AvgIpc) is 2.88. The van der Waals surface area contributed by atoms with E-state index in [2.05, 4.69) is 9.97 Å². The van der Waals surface area contributed by atoms with Crippen molar-refractivity contribution in [3.05, 3.63) is 36.7 Å². The zero-order valence-electron chi connectivity index (χ0n) is 9.61. The Bertz CT molecular complexity index is 479. The second kappa shape index (κ2) is 6.48. The Morgan fingerprint density at radius 2 is 2.28 bits per heavy atom. The van der Waals surface area contributed by atoms with Crippen LogP contribution in [0.25, 0.3) is 0 Å². The number of aromatic amines is 1. The van der Waals surface area contributed by atoms with E-state index in [4.69, 9.17) is 14.8 Å². The van der Waals surface area contributed by atoms with Gasteiger partial charge in [0.2, 0.25) is 0 Å². The second-order valence-corrected chi connectivity index (χ2v) is 4.62. The highest BCUT2D eigenvalue weighted by atomic mass is 32.2. The molecule has 0 aliphatic heterocycles. The van der Waals surface area contributed by atoms with Crippen molar-refractivity contribution in [3.63, 3.8) is 0 Å². The van der Waals surface area contributed by atoms with E-state index < -0.39 is 7.12 Å². The van der Waals surface area contributed by atoms with Gasteiger partial charge < -0.3 is 19.8 Å². The summed E-state index contributed by atoms with van der Waals surface area (Å²) >= 11 is 1.57. The highest BCUT2D eigenvalue weighted by Gasteiger charge is 2.10. The third-order valence-electron chi connectivity index (χ3n) is 2.22. The van der Waals surface area contributed by atoms with Crippen LogP contribution in [0.2, 0.25) is 0 Å². The minimum absolute atomic E-state index is 0.422. The number of nitrogens with zero attached hydrogens (tertiary/aromatic N) is 1. The van der Waals surface area contributed by atoms with Gasteiger partial charge in [-0.25, -0.2) is 4.98 Å². The first-order valence-electron chi connectivity index (χ1n) is 5.47. The summed E-state index contributed by atoms with van der Waals surface area (Å²) in [6.45, 7) is 0.524. The number of ether oxygens (including phenoxy) is 1. The Morgan fingerprint density at radius 1 is 1.39 bits per heavy atom.